The van der Waals surface area contributed by atoms with Gasteiger partial charge in [0.1, 0.15) is 0 Å². The number of piperidine rings is 1. The largest absolute Gasteiger partial charge is 0.317 e. The Morgan fingerprint density at radius 3 is 2.54 bits per heavy atom. The standard InChI is InChI=1S/C11H22N2/c1-13-10-4-2-3-5-11(13)6-8-12-9-7-11/h12H,2-10H2,1H3. The monoisotopic (exact) mass is 182 g/mol. The summed E-state index contributed by atoms with van der Waals surface area (Å²) in [6, 6.07) is 0. The zero-order chi connectivity index (χ0) is 9.15. The molecule has 2 heterocycles. The summed E-state index contributed by atoms with van der Waals surface area (Å²) in [7, 11) is 2.33. The SMILES string of the molecule is CN1CCCCCC12CCNCC2. The molecule has 0 radical (unpaired) electrons. The van der Waals surface area contributed by atoms with Crippen LogP contribution in [0.2, 0.25) is 0 Å². The maximum absolute atomic E-state index is 3.47. The topological polar surface area (TPSA) is 15.3 Å². The van der Waals surface area contributed by atoms with Crippen molar-refractivity contribution in [3.05, 3.63) is 0 Å². The molecule has 0 atom stereocenters. The van der Waals surface area contributed by atoms with Crippen LogP contribution in [0, 0.1) is 0 Å². The van der Waals surface area contributed by atoms with Crippen LogP contribution in [-0.4, -0.2) is 37.1 Å². The average molecular weight is 182 g/mol. The Balaban J connectivity index is 2.06. The predicted octanol–water partition coefficient (Wildman–Crippen LogP) is 1.61. The van der Waals surface area contributed by atoms with Crippen molar-refractivity contribution in [1.82, 2.24) is 10.2 Å². The summed E-state index contributed by atoms with van der Waals surface area (Å²) < 4.78 is 0. The van der Waals surface area contributed by atoms with Crippen LogP contribution in [0.5, 0.6) is 0 Å². The number of hydrogen-bond acceptors (Lipinski definition) is 2. The molecule has 2 aliphatic rings. The van der Waals surface area contributed by atoms with E-state index < -0.39 is 0 Å². The van der Waals surface area contributed by atoms with Gasteiger partial charge < -0.3 is 10.2 Å². The van der Waals surface area contributed by atoms with Gasteiger partial charge in [-0.05, 0) is 52.4 Å². The number of likely N-dealkylation sites (tertiary alicyclic amines) is 1. The molecule has 0 amide bonds. The van der Waals surface area contributed by atoms with Gasteiger partial charge in [0.05, 0.1) is 0 Å². The Labute approximate surface area is 81.7 Å². The van der Waals surface area contributed by atoms with E-state index in [1.165, 1.54) is 58.2 Å². The van der Waals surface area contributed by atoms with Crippen molar-refractivity contribution in [2.24, 2.45) is 0 Å². The molecule has 0 bridgehead atoms. The zero-order valence-corrected chi connectivity index (χ0v) is 8.81. The van der Waals surface area contributed by atoms with Crippen molar-refractivity contribution in [2.75, 3.05) is 26.7 Å². The fraction of sp³-hybridized carbons (Fsp3) is 1.00. The van der Waals surface area contributed by atoms with Crippen LogP contribution in [0.4, 0.5) is 0 Å². The van der Waals surface area contributed by atoms with Gasteiger partial charge in [0.2, 0.25) is 0 Å². The molecule has 2 aliphatic heterocycles. The van der Waals surface area contributed by atoms with Crippen molar-refractivity contribution in [3.8, 4) is 0 Å². The lowest BCUT2D eigenvalue weighted by Gasteiger charge is -2.44. The lowest BCUT2D eigenvalue weighted by atomic mass is 9.83. The third-order valence-electron chi connectivity index (χ3n) is 3.98. The van der Waals surface area contributed by atoms with E-state index in [0.29, 0.717) is 5.54 Å². The highest BCUT2D eigenvalue weighted by molar-refractivity contribution is 4.94. The van der Waals surface area contributed by atoms with Crippen LogP contribution in [0.3, 0.4) is 0 Å². The van der Waals surface area contributed by atoms with E-state index in [-0.39, 0.29) is 0 Å². The molecule has 76 valence electrons. The third-order valence-corrected chi connectivity index (χ3v) is 3.98. The van der Waals surface area contributed by atoms with Gasteiger partial charge in [-0.3, -0.25) is 0 Å². The first-order valence-electron chi connectivity index (χ1n) is 5.75. The molecule has 13 heavy (non-hydrogen) atoms. The Morgan fingerprint density at radius 2 is 1.77 bits per heavy atom. The van der Waals surface area contributed by atoms with Gasteiger partial charge in [-0.1, -0.05) is 12.8 Å². The molecule has 0 unspecified atom stereocenters. The molecule has 0 aromatic rings. The molecule has 2 rings (SSSR count). The first-order valence-corrected chi connectivity index (χ1v) is 5.75. The zero-order valence-electron chi connectivity index (χ0n) is 8.81. The van der Waals surface area contributed by atoms with Crippen molar-refractivity contribution in [1.29, 1.82) is 0 Å². The van der Waals surface area contributed by atoms with Gasteiger partial charge in [-0.15, -0.1) is 0 Å². The molecule has 2 fully saturated rings. The van der Waals surface area contributed by atoms with Gasteiger partial charge in [0.15, 0.2) is 0 Å². The lowest BCUT2D eigenvalue weighted by Crippen LogP contribution is -2.52. The van der Waals surface area contributed by atoms with Gasteiger partial charge in [-0.25, -0.2) is 0 Å². The van der Waals surface area contributed by atoms with E-state index in [0.717, 1.165) is 0 Å². The van der Waals surface area contributed by atoms with Crippen molar-refractivity contribution in [3.63, 3.8) is 0 Å². The second kappa shape index (κ2) is 3.97. The maximum Gasteiger partial charge on any atom is 0.0230 e. The Kier molecular flexibility index (Phi) is 2.89. The van der Waals surface area contributed by atoms with E-state index in [1.54, 1.807) is 0 Å². The molecule has 0 saturated carbocycles. The van der Waals surface area contributed by atoms with Crippen LogP contribution in [0.1, 0.15) is 38.5 Å². The van der Waals surface area contributed by atoms with E-state index in [9.17, 15) is 0 Å². The predicted molar refractivity (Wildman–Crippen MR) is 55.9 cm³/mol. The summed E-state index contributed by atoms with van der Waals surface area (Å²) in [6.07, 6.45) is 8.47. The smallest absolute Gasteiger partial charge is 0.0230 e. The fourth-order valence-electron chi connectivity index (χ4n) is 2.93. The van der Waals surface area contributed by atoms with Crippen molar-refractivity contribution in [2.45, 2.75) is 44.1 Å². The summed E-state index contributed by atoms with van der Waals surface area (Å²) in [4.78, 5) is 2.64. The van der Waals surface area contributed by atoms with E-state index in [1.807, 2.05) is 0 Å². The van der Waals surface area contributed by atoms with Crippen molar-refractivity contribution < 1.29 is 0 Å². The van der Waals surface area contributed by atoms with Crippen molar-refractivity contribution >= 4 is 0 Å². The van der Waals surface area contributed by atoms with Gasteiger partial charge in [0, 0.05) is 5.54 Å². The molecule has 0 aliphatic carbocycles. The van der Waals surface area contributed by atoms with Crippen LogP contribution in [0.15, 0.2) is 0 Å². The molecular formula is C11H22N2. The molecular weight excluding hydrogens is 160 g/mol. The number of hydrogen-bond donors (Lipinski definition) is 1. The van der Waals surface area contributed by atoms with E-state index in [4.69, 9.17) is 0 Å². The average Bonchev–Trinajstić information content (AvgIpc) is 2.33. The summed E-state index contributed by atoms with van der Waals surface area (Å²) in [5, 5.41) is 3.47. The summed E-state index contributed by atoms with van der Waals surface area (Å²) in [6.45, 7) is 3.77. The highest BCUT2D eigenvalue weighted by atomic mass is 15.2. The van der Waals surface area contributed by atoms with E-state index >= 15 is 0 Å². The second-order valence-corrected chi connectivity index (χ2v) is 4.71. The fourth-order valence-corrected chi connectivity index (χ4v) is 2.93. The molecule has 2 saturated heterocycles. The molecule has 0 aromatic carbocycles. The molecule has 1 spiro atoms. The molecule has 1 N–H and O–H groups in total. The highest BCUT2D eigenvalue weighted by Crippen LogP contribution is 2.33. The maximum atomic E-state index is 3.47. The van der Waals surface area contributed by atoms with Crippen LogP contribution >= 0.6 is 0 Å². The number of nitrogens with zero attached hydrogens (tertiary/aromatic N) is 1. The first kappa shape index (κ1) is 9.47. The Bertz CT molecular complexity index is 161. The normalized spacial score (nSPS) is 30.2. The van der Waals surface area contributed by atoms with Crippen LogP contribution in [-0.2, 0) is 0 Å². The molecule has 2 heteroatoms. The second-order valence-electron chi connectivity index (χ2n) is 4.71. The third kappa shape index (κ3) is 1.89. The summed E-state index contributed by atoms with van der Waals surface area (Å²) in [5.41, 5.74) is 0.571. The van der Waals surface area contributed by atoms with Gasteiger partial charge >= 0.3 is 0 Å². The van der Waals surface area contributed by atoms with E-state index in [2.05, 4.69) is 17.3 Å². The quantitative estimate of drug-likeness (QED) is 0.612. The highest BCUT2D eigenvalue weighted by Gasteiger charge is 2.36. The first-order chi connectivity index (χ1) is 6.33. The number of rotatable bonds is 0. The molecule has 2 nitrogen and oxygen atoms in total. The van der Waals surface area contributed by atoms with Gasteiger partial charge in [-0.2, -0.15) is 0 Å². The minimum absolute atomic E-state index is 0.571. The summed E-state index contributed by atoms with van der Waals surface area (Å²) in [5.74, 6) is 0. The minimum atomic E-state index is 0.571. The number of nitrogens with one attached hydrogen (secondary N) is 1. The van der Waals surface area contributed by atoms with Gasteiger partial charge in [0.25, 0.3) is 0 Å². The Hall–Kier alpha value is -0.0800. The lowest BCUT2D eigenvalue weighted by molar-refractivity contribution is 0.0830. The Morgan fingerprint density at radius 1 is 1.00 bits per heavy atom. The summed E-state index contributed by atoms with van der Waals surface area (Å²) >= 11 is 0. The van der Waals surface area contributed by atoms with Crippen LogP contribution in [0.25, 0.3) is 0 Å². The van der Waals surface area contributed by atoms with Crippen LogP contribution < -0.4 is 5.32 Å². The minimum Gasteiger partial charge on any atom is -0.317 e. The molecule has 0 aromatic heterocycles.